The predicted octanol–water partition coefficient (Wildman–Crippen LogP) is 0.299. The van der Waals surface area contributed by atoms with Gasteiger partial charge in [0.25, 0.3) is 0 Å². The molecule has 4 N–H and O–H groups in total. The Morgan fingerprint density at radius 1 is 1.10 bits per heavy atom. The molecule has 226 valence electrons. The molecule has 8 atom stereocenters. The third-order valence-corrected chi connectivity index (χ3v) is 9.49. The quantitative estimate of drug-likeness (QED) is 0.295. The van der Waals surface area contributed by atoms with E-state index < -0.39 is 88.1 Å². The summed E-state index contributed by atoms with van der Waals surface area (Å²) < 4.78 is 12.1. The van der Waals surface area contributed by atoms with Gasteiger partial charge >= 0.3 is 5.97 Å². The normalized spacial score (nSPS) is 34.6. The number of nitrogens with two attached hydrogens (primary N) is 1. The van der Waals surface area contributed by atoms with Crippen LogP contribution in [0.5, 0.6) is 5.75 Å². The molecule has 0 saturated heterocycles. The summed E-state index contributed by atoms with van der Waals surface area (Å²) in [6.07, 6.45) is 1.94. The van der Waals surface area contributed by atoms with Crippen molar-refractivity contribution >= 4 is 35.0 Å². The molecular formula is C30H36N2O10. The van der Waals surface area contributed by atoms with Crippen LogP contribution in [-0.2, 0) is 33.4 Å². The Morgan fingerprint density at radius 2 is 1.76 bits per heavy atom. The molecular weight excluding hydrogens is 548 g/mol. The van der Waals surface area contributed by atoms with E-state index in [9.17, 15) is 39.0 Å². The van der Waals surface area contributed by atoms with E-state index in [-0.39, 0.29) is 24.7 Å². The number of nitrogens with zero attached hydrogens (tertiary/aromatic N) is 1. The van der Waals surface area contributed by atoms with E-state index >= 15 is 0 Å². The first-order valence-corrected chi connectivity index (χ1v) is 14.3. The first-order valence-electron chi connectivity index (χ1n) is 14.3. The van der Waals surface area contributed by atoms with E-state index in [0.29, 0.717) is 5.56 Å². The number of fused-ring (bicyclic) bond motifs is 3. The Morgan fingerprint density at radius 3 is 2.36 bits per heavy atom. The molecule has 1 aromatic rings. The predicted molar refractivity (Wildman–Crippen MR) is 144 cm³/mol. The molecule has 12 heteroatoms. The topological polar surface area (TPSA) is 191 Å². The maximum absolute atomic E-state index is 14.4. The second-order valence-corrected chi connectivity index (χ2v) is 12.0. The number of hydrogen-bond donors (Lipinski definition) is 3. The van der Waals surface area contributed by atoms with Crippen molar-refractivity contribution in [3.63, 3.8) is 0 Å². The molecule has 3 unspecified atom stereocenters. The SMILES string of the molecule is CCC(=O)O[C@H]1[C@H]2C(C(=O)c3c(O)cccc3[C@@H]2COC2CCCC2)C(=O)[C@]2(O)C(=O)C(C(N)=O)C(=O)C(N(C)C)[C@H]12. The van der Waals surface area contributed by atoms with Crippen LogP contribution in [0.1, 0.15) is 60.9 Å². The minimum Gasteiger partial charge on any atom is -0.507 e. The third kappa shape index (κ3) is 4.38. The Kier molecular flexibility index (Phi) is 7.84. The van der Waals surface area contributed by atoms with Crippen molar-refractivity contribution in [3.05, 3.63) is 29.3 Å². The van der Waals surface area contributed by atoms with Crippen molar-refractivity contribution in [2.45, 2.75) is 68.8 Å². The number of hydrogen-bond acceptors (Lipinski definition) is 11. The van der Waals surface area contributed by atoms with Gasteiger partial charge in [0.15, 0.2) is 34.7 Å². The minimum atomic E-state index is -3.06. The second kappa shape index (κ2) is 11.0. The standard InChI is InChI=1S/C30H36N2O10/c1-4-17(34)42-26-19-15(12-41-13-8-5-6-9-13)14-10-7-11-16(33)18(14)24(35)20(19)27(37)30(40)22(26)23(32(2)3)25(36)21(28(30)38)29(31)39/h7,10-11,13,15,19-23,26,33,40H,4-6,8-9,12H2,1-3H3,(H2,31,39)/t15-,19+,20?,21?,22+,23?,26-,30-/m0/s1. The zero-order valence-electron chi connectivity index (χ0n) is 23.8. The van der Waals surface area contributed by atoms with Crippen molar-refractivity contribution in [1.29, 1.82) is 0 Å². The first-order chi connectivity index (χ1) is 19.9. The second-order valence-electron chi connectivity index (χ2n) is 12.0. The number of aliphatic hydroxyl groups is 1. The number of Topliss-reactive ketones (excluding diaryl/α,β-unsaturated/α-hetero) is 4. The van der Waals surface area contributed by atoms with Gasteiger partial charge in [0.1, 0.15) is 11.9 Å². The maximum Gasteiger partial charge on any atom is 0.305 e. The van der Waals surface area contributed by atoms with Crippen LogP contribution in [0.25, 0.3) is 0 Å². The molecule has 3 saturated carbocycles. The monoisotopic (exact) mass is 584 g/mol. The number of likely N-dealkylation sites (N-methyl/N-ethyl adjacent to an activating group) is 1. The molecule has 1 amide bonds. The van der Waals surface area contributed by atoms with E-state index in [2.05, 4.69) is 0 Å². The highest BCUT2D eigenvalue weighted by atomic mass is 16.5. The molecule has 0 aliphatic heterocycles. The van der Waals surface area contributed by atoms with Crippen LogP contribution < -0.4 is 5.73 Å². The number of rotatable bonds is 7. The van der Waals surface area contributed by atoms with Gasteiger partial charge in [-0.25, -0.2) is 0 Å². The number of primary amides is 1. The summed E-state index contributed by atoms with van der Waals surface area (Å²) in [5.74, 6) is -14.4. The molecule has 42 heavy (non-hydrogen) atoms. The van der Waals surface area contributed by atoms with Gasteiger partial charge in [-0.15, -0.1) is 0 Å². The van der Waals surface area contributed by atoms with Gasteiger partial charge in [-0.2, -0.15) is 0 Å². The van der Waals surface area contributed by atoms with Crippen LogP contribution >= 0.6 is 0 Å². The molecule has 1 aromatic carbocycles. The molecule has 3 fully saturated rings. The van der Waals surface area contributed by atoms with E-state index in [1.165, 1.54) is 32.0 Å². The number of phenolic OH excluding ortho intramolecular Hbond substituents is 1. The molecule has 4 aliphatic carbocycles. The highest BCUT2D eigenvalue weighted by Crippen LogP contribution is 2.55. The van der Waals surface area contributed by atoms with Gasteiger partial charge in [-0.05, 0) is 38.6 Å². The molecule has 0 spiro atoms. The van der Waals surface area contributed by atoms with Gasteiger partial charge in [-0.3, -0.25) is 33.7 Å². The third-order valence-electron chi connectivity index (χ3n) is 9.49. The van der Waals surface area contributed by atoms with Crippen molar-refractivity contribution < 1.29 is 48.5 Å². The van der Waals surface area contributed by atoms with Gasteiger partial charge in [-0.1, -0.05) is 31.9 Å². The Hall–Kier alpha value is -3.48. The zero-order chi connectivity index (χ0) is 30.7. The molecule has 0 aromatic heterocycles. The first kappa shape index (κ1) is 30.0. The number of phenols is 1. The molecule has 12 nitrogen and oxygen atoms in total. The number of benzene rings is 1. The van der Waals surface area contributed by atoms with Gasteiger partial charge in [0.05, 0.1) is 36.2 Å². The summed E-state index contributed by atoms with van der Waals surface area (Å²) in [4.78, 5) is 82.3. The number of aromatic hydroxyl groups is 1. The minimum absolute atomic E-state index is 0.00734. The highest BCUT2D eigenvalue weighted by molar-refractivity contribution is 6.32. The van der Waals surface area contributed by atoms with Crippen molar-refractivity contribution in [2.75, 3.05) is 20.7 Å². The molecule has 0 bridgehead atoms. The number of ether oxygens (including phenoxy) is 2. The fourth-order valence-corrected chi connectivity index (χ4v) is 7.61. The Bertz CT molecular complexity index is 1350. The average Bonchev–Trinajstić information content (AvgIpc) is 3.45. The van der Waals surface area contributed by atoms with Crippen LogP contribution in [0.15, 0.2) is 18.2 Å². The zero-order valence-corrected chi connectivity index (χ0v) is 23.8. The summed E-state index contributed by atoms with van der Waals surface area (Å²) in [5.41, 5.74) is 2.58. The maximum atomic E-state index is 14.4. The highest BCUT2D eigenvalue weighted by Gasteiger charge is 2.74. The lowest BCUT2D eigenvalue weighted by atomic mass is 9.49. The van der Waals surface area contributed by atoms with Crippen LogP contribution in [-0.4, -0.2) is 94.7 Å². The number of carbonyl (C=O) groups is 6. The smallest absolute Gasteiger partial charge is 0.305 e. The summed E-state index contributed by atoms with van der Waals surface area (Å²) in [6, 6.07) is 3.02. The fraction of sp³-hybridized carbons (Fsp3) is 0.600. The molecule has 0 radical (unpaired) electrons. The fourth-order valence-electron chi connectivity index (χ4n) is 7.61. The largest absolute Gasteiger partial charge is 0.507 e. The lowest BCUT2D eigenvalue weighted by Crippen LogP contribution is -2.78. The van der Waals surface area contributed by atoms with Crippen LogP contribution in [0, 0.1) is 23.7 Å². The number of esters is 1. The average molecular weight is 585 g/mol. The lowest BCUT2D eigenvalue weighted by Gasteiger charge is -2.56. The van der Waals surface area contributed by atoms with Crippen molar-refractivity contribution in [3.8, 4) is 5.75 Å². The number of amides is 1. The van der Waals surface area contributed by atoms with E-state index in [1.807, 2.05) is 0 Å². The van der Waals surface area contributed by atoms with Gasteiger partial charge in [0.2, 0.25) is 5.91 Å². The van der Waals surface area contributed by atoms with Gasteiger partial charge in [0, 0.05) is 18.3 Å². The van der Waals surface area contributed by atoms with Crippen LogP contribution in [0.4, 0.5) is 0 Å². The Balaban J connectivity index is 1.75. The summed E-state index contributed by atoms with van der Waals surface area (Å²) in [7, 11) is 2.93. The van der Waals surface area contributed by atoms with Crippen molar-refractivity contribution in [1.82, 2.24) is 4.90 Å². The summed E-state index contributed by atoms with van der Waals surface area (Å²) in [6.45, 7) is 1.52. The molecule has 0 heterocycles. The summed E-state index contributed by atoms with van der Waals surface area (Å²) >= 11 is 0. The van der Waals surface area contributed by atoms with Crippen molar-refractivity contribution in [2.24, 2.45) is 29.4 Å². The number of ketones is 4. The Labute approximate surface area is 242 Å². The molecule has 5 rings (SSSR count). The van der Waals surface area contributed by atoms with Gasteiger partial charge < -0.3 is 25.4 Å². The molecule has 4 aliphatic rings. The lowest BCUT2D eigenvalue weighted by molar-refractivity contribution is -0.206. The van der Waals surface area contributed by atoms with E-state index in [1.54, 1.807) is 12.1 Å². The van der Waals surface area contributed by atoms with Crippen LogP contribution in [0.2, 0.25) is 0 Å². The number of carbonyl (C=O) groups excluding carboxylic acids is 6. The van der Waals surface area contributed by atoms with Crippen LogP contribution in [0.3, 0.4) is 0 Å². The summed E-state index contributed by atoms with van der Waals surface area (Å²) in [5, 5.41) is 22.8. The van der Waals surface area contributed by atoms with E-state index in [0.717, 1.165) is 25.7 Å². The van der Waals surface area contributed by atoms with E-state index in [4.69, 9.17) is 15.2 Å².